The van der Waals surface area contributed by atoms with E-state index in [2.05, 4.69) is 10.4 Å². The number of hydrogen-bond donors (Lipinski definition) is 1. The van der Waals surface area contributed by atoms with Gasteiger partial charge in [-0.3, -0.25) is 9.48 Å². The summed E-state index contributed by atoms with van der Waals surface area (Å²) in [6.45, 7) is 3.40. The van der Waals surface area contributed by atoms with Crippen molar-refractivity contribution in [2.75, 3.05) is 12.4 Å². The molecule has 3 aromatic carbocycles. The Morgan fingerprint density at radius 2 is 1.59 bits per heavy atom. The van der Waals surface area contributed by atoms with Gasteiger partial charge in [0, 0.05) is 11.6 Å². The number of halogens is 4. The van der Waals surface area contributed by atoms with Crippen LogP contribution in [0.2, 0.25) is 0 Å². The monoisotopic (exact) mass is 541 g/mol. The summed E-state index contributed by atoms with van der Waals surface area (Å²) >= 11 is 0. The summed E-state index contributed by atoms with van der Waals surface area (Å²) in [7, 11) is 1.31. The zero-order valence-electron chi connectivity index (χ0n) is 21.1. The first-order valence-corrected chi connectivity index (χ1v) is 11.7. The summed E-state index contributed by atoms with van der Waals surface area (Å²) in [5.41, 5.74) is 3.52. The van der Waals surface area contributed by atoms with E-state index in [0.717, 1.165) is 0 Å². The van der Waals surface area contributed by atoms with E-state index in [1.165, 1.54) is 31.4 Å². The number of esters is 1. The quantitative estimate of drug-likeness (QED) is 0.175. The maximum Gasteiger partial charge on any atom is 0.338 e. The molecule has 0 aliphatic heterocycles. The van der Waals surface area contributed by atoms with Gasteiger partial charge in [-0.05, 0) is 43.2 Å². The average Bonchev–Trinajstić information content (AvgIpc) is 3.19. The lowest BCUT2D eigenvalue weighted by Gasteiger charge is -2.11. The molecule has 1 amide bonds. The second-order valence-electron chi connectivity index (χ2n) is 8.59. The second-order valence-corrected chi connectivity index (χ2v) is 8.59. The Balaban J connectivity index is 1.45. The molecule has 0 saturated heterocycles. The molecule has 0 saturated carbocycles. The number of carbonyl (C=O) groups is 2. The van der Waals surface area contributed by atoms with Crippen molar-refractivity contribution >= 4 is 17.6 Å². The molecule has 4 rings (SSSR count). The van der Waals surface area contributed by atoms with Crippen molar-refractivity contribution in [1.82, 2.24) is 9.78 Å². The van der Waals surface area contributed by atoms with Crippen LogP contribution in [0.25, 0.3) is 0 Å². The minimum absolute atomic E-state index is 0.0966. The Morgan fingerprint density at radius 3 is 2.23 bits per heavy atom. The third-order valence-corrected chi connectivity index (χ3v) is 6.03. The van der Waals surface area contributed by atoms with Gasteiger partial charge in [0.05, 0.1) is 36.3 Å². The Morgan fingerprint density at radius 1 is 0.949 bits per heavy atom. The van der Waals surface area contributed by atoms with Crippen LogP contribution in [0, 0.1) is 37.1 Å². The minimum atomic E-state index is -1.63. The lowest BCUT2D eigenvalue weighted by Crippen LogP contribution is -2.14. The summed E-state index contributed by atoms with van der Waals surface area (Å²) in [5, 5.41) is 7.32. The minimum Gasteiger partial charge on any atom is -0.483 e. The molecule has 0 fully saturated rings. The van der Waals surface area contributed by atoms with Gasteiger partial charge in [-0.2, -0.15) is 13.9 Å². The normalized spacial score (nSPS) is 10.8. The standard InChI is InChI=1S/C28H23F4N3O4/c1-15-25(16(2)35(34-15)13-19-6-4-5-7-20(19)28(37)38-3)33-27(36)18-10-8-17(9-11-18)14-39-26-23(31)21(29)12-22(30)24(26)32/h4-12H,13-14H2,1-3H3,(H,33,36). The van der Waals surface area contributed by atoms with E-state index in [0.29, 0.717) is 33.8 Å². The highest BCUT2D eigenvalue weighted by atomic mass is 19.2. The molecule has 11 heteroatoms. The topological polar surface area (TPSA) is 82.5 Å². The number of aromatic nitrogens is 2. The predicted molar refractivity (Wildman–Crippen MR) is 134 cm³/mol. The number of carbonyl (C=O) groups excluding carboxylic acids is 2. The summed E-state index contributed by atoms with van der Waals surface area (Å²) in [6, 6.07) is 13.0. The number of aryl methyl sites for hydroxylation is 1. The third kappa shape index (κ3) is 5.77. The molecule has 0 unspecified atom stereocenters. The fourth-order valence-corrected chi connectivity index (χ4v) is 3.93. The molecule has 1 heterocycles. The SMILES string of the molecule is COC(=O)c1ccccc1Cn1nc(C)c(NC(=O)c2ccc(COc3c(F)c(F)cc(F)c3F)cc2)c1C. The predicted octanol–water partition coefficient (Wildman–Crippen LogP) is 5.72. The largest absolute Gasteiger partial charge is 0.483 e. The van der Waals surface area contributed by atoms with Crippen molar-refractivity contribution in [1.29, 1.82) is 0 Å². The molecular formula is C28H23F4N3O4. The molecule has 0 bridgehead atoms. The average molecular weight is 542 g/mol. The summed E-state index contributed by atoms with van der Waals surface area (Å²) < 4.78 is 65.8. The molecule has 0 radical (unpaired) electrons. The van der Waals surface area contributed by atoms with Gasteiger partial charge in [-0.1, -0.05) is 30.3 Å². The second kappa shape index (κ2) is 11.4. The van der Waals surface area contributed by atoms with Gasteiger partial charge in [0.2, 0.25) is 11.6 Å². The first-order valence-electron chi connectivity index (χ1n) is 11.7. The summed E-state index contributed by atoms with van der Waals surface area (Å²) in [4.78, 5) is 25.0. The molecule has 202 valence electrons. The Kier molecular flexibility index (Phi) is 7.99. The number of hydrogen-bond acceptors (Lipinski definition) is 5. The van der Waals surface area contributed by atoms with Crippen molar-refractivity contribution in [3.05, 3.63) is 112 Å². The van der Waals surface area contributed by atoms with E-state index in [9.17, 15) is 27.2 Å². The number of benzene rings is 3. The highest BCUT2D eigenvalue weighted by Crippen LogP contribution is 2.27. The molecule has 0 aliphatic carbocycles. The number of anilines is 1. The zero-order chi connectivity index (χ0) is 28.3. The van der Waals surface area contributed by atoms with Gasteiger partial charge in [0.15, 0.2) is 17.4 Å². The van der Waals surface area contributed by atoms with Crippen LogP contribution in [0.3, 0.4) is 0 Å². The Bertz CT molecular complexity index is 1530. The summed E-state index contributed by atoms with van der Waals surface area (Å²) in [6.07, 6.45) is 0. The molecule has 4 aromatic rings. The number of nitrogens with one attached hydrogen (secondary N) is 1. The van der Waals surface area contributed by atoms with Crippen LogP contribution in [0.15, 0.2) is 54.6 Å². The number of amides is 1. The van der Waals surface area contributed by atoms with Gasteiger partial charge in [-0.15, -0.1) is 0 Å². The van der Waals surface area contributed by atoms with E-state index in [4.69, 9.17) is 9.47 Å². The van der Waals surface area contributed by atoms with Gasteiger partial charge in [0.25, 0.3) is 5.91 Å². The number of methoxy groups -OCH3 is 1. The molecule has 1 N–H and O–H groups in total. The van der Waals surface area contributed by atoms with Crippen LogP contribution in [0.1, 0.15) is 43.2 Å². The van der Waals surface area contributed by atoms with Gasteiger partial charge < -0.3 is 14.8 Å². The van der Waals surface area contributed by atoms with Crippen LogP contribution < -0.4 is 10.1 Å². The van der Waals surface area contributed by atoms with E-state index in [1.54, 1.807) is 42.8 Å². The van der Waals surface area contributed by atoms with Gasteiger partial charge in [0.1, 0.15) is 6.61 Å². The molecule has 0 atom stereocenters. The van der Waals surface area contributed by atoms with Crippen molar-refractivity contribution in [3.63, 3.8) is 0 Å². The molecule has 39 heavy (non-hydrogen) atoms. The highest BCUT2D eigenvalue weighted by Gasteiger charge is 2.21. The molecular weight excluding hydrogens is 518 g/mol. The smallest absolute Gasteiger partial charge is 0.338 e. The van der Waals surface area contributed by atoms with Crippen molar-refractivity contribution in [3.8, 4) is 5.75 Å². The number of nitrogens with zero attached hydrogens (tertiary/aromatic N) is 2. The first-order chi connectivity index (χ1) is 18.6. The maximum absolute atomic E-state index is 13.8. The fraction of sp³-hybridized carbons (Fsp3) is 0.179. The zero-order valence-corrected chi connectivity index (χ0v) is 21.1. The van der Waals surface area contributed by atoms with E-state index in [-0.39, 0.29) is 18.2 Å². The summed E-state index contributed by atoms with van der Waals surface area (Å²) in [5.74, 6) is -8.48. The Hall–Kier alpha value is -4.67. The molecule has 0 spiro atoms. The molecule has 7 nitrogen and oxygen atoms in total. The van der Waals surface area contributed by atoms with E-state index >= 15 is 0 Å². The fourth-order valence-electron chi connectivity index (χ4n) is 3.93. The van der Waals surface area contributed by atoms with Crippen molar-refractivity contribution in [2.45, 2.75) is 27.0 Å². The van der Waals surface area contributed by atoms with Crippen LogP contribution in [-0.2, 0) is 17.9 Å². The third-order valence-electron chi connectivity index (χ3n) is 6.03. The van der Waals surface area contributed by atoms with Crippen LogP contribution >= 0.6 is 0 Å². The van der Waals surface area contributed by atoms with Crippen LogP contribution in [0.4, 0.5) is 23.2 Å². The van der Waals surface area contributed by atoms with Gasteiger partial charge in [-0.25, -0.2) is 13.6 Å². The van der Waals surface area contributed by atoms with E-state index in [1.807, 2.05) is 0 Å². The van der Waals surface area contributed by atoms with Crippen LogP contribution in [-0.4, -0.2) is 28.8 Å². The number of ether oxygens (including phenoxy) is 2. The lowest BCUT2D eigenvalue weighted by atomic mass is 10.1. The van der Waals surface area contributed by atoms with Gasteiger partial charge >= 0.3 is 5.97 Å². The number of rotatable bonds is 8. The van der Waals surface area contributed by atoms with E-state index < -0.39 is 47.5 Å². The van der Waals surface area contributed by atoms with Crippen LogP contribution in [0.5, 0.6) is 5.75 Å². The Labute approximate surface area is 221 Å². The maximum atomic E-state index is 13.8. The van der Waals surface area contributed by atoms with Crippen molar-refractivity contribution in [2.24, 2.45) is 0 Å². The molecule has 1 aromatic heterocycles. The molecule has 0 aliphatic rings. The first kappa shape index (κ1) is 27.4. The van der Waals surface area contributed by atoms with Crippen molar-refractivity contribution < 1.29 is 36.6 Å². The lowest BCUT2D eigenvalue weighted by molar-refractivity contribution is 0.0599. The highest BCUT2D eigenvalue weighted by molar-refractivity contribution is 6.04.